The SMILES string of the molecule is COc1ccc(-c2nc(C(=O)NCc3ccccc3OC(F)F)cs2)cc1OC. The number of amides is 1. The summed E-state index contributed by atoms with van der Waals surface area (Å²) in [6, 6.07) is 11.6. The summed E-state index contributed by atoms with van der Waals surface area (Å²) < 4.78 is 40.0. The van der Waals surface area contributed by atoms with Crippen LogP contribution in [0.1, 0.15) is 16.1 Å². The van der Waals surface area contributed by atoms with E-state index in [0.717, 1.165) is 5.56 Å². The molecule has 0 fully saturated rings. The van der Waals surface area contributed by atoms with Crippen molar-refractivity contribution in [3.63, 3.8) is 0 Å². The number of nitrogens with zero attached hydrogens (tertiary/aromatic N) is 1. The first-order valence-electron chi connectivity index (χ1n) is 8.50. The third-order valence-corrected chi connectivity index (χ3v) is 4.89. The van der Waals surface area contributed by atoms with Crippen LogP contribution in [0.4, 0.5) is 8.78 Å². The van der Waals surface area contributed by atoms with Crippen LogP contribution in [-0.2, 0) is 6.54 Å². The van der Waals surface area contributed by atoms with E-state index in [1.165, 1.54) is 24.5 Å². The number of thiazole rings is 1. The van der Waals surface area contributed by atoms with Gasteiger partial charge in [-0.3, -0.25) is 4.79 Å². The number of nitrogens with one attached hydrogen (secondary N) is 1. The number of methoxy groups -OCH3 is 2. The van der Waals surface area contributed by atoms with E-state index in [0.29, 0.717) is 22.1 Å². The van der Waals surface area contributed by atoms with Crippen molar-refractivity contribution in [1.29, 1.82) is 0 Å². The summed E-state index contributed by atoms with van der Waals surface area (Å²) in [6.07, 6.45) is 0. The van der Waals surface area contributed by atoms with Crippen LogP contribution < -0.4 is 19.5 Å². The first-order valence-corrected chi connectivity index (χ1v) is 9.38. The largest absolute Gasteiger partial charge is 0.493 e. The van der Waals surface area contributed by atoms with Crippen molar-refractivity contribution in [2.45, 2.75) is 13.2 Å². The molecule has 0 aliphatic carbocycles. The van der Waals surface area contributed by atoms with Gasteiger partial charge in [0.15, 0.2) is 11.5 Å². The minimum atomic E-state index is -2.94. The number of ether oxygens (including phenoxy) is 3. The molecular weight excluding hydrogens is 402 g/mol. The number of halogens is 2. The Morgan fingerprint density at radius 2 is 1.86 bits per heavy atom. The van der Waals surface area contributed by atoms with Crippen LogP contribution in [0.15, 0.2) is 47.8 Å². The molecule has 0 bridgehead atoms. The Kier molecular flexibility index (Phi) is 6.61. The second kappa shape index (κ2) is 9.33. The van der Waals surface area contributed by atoms with E-state index in [2.05, 4.69) is 15.0 Å². The molecule has 0 spiro atoms. The van der Waals surface area contributed by atoms with Crippen LogP contribution >= 0.6 is 11.3 Å². The van der Waals surface area contributed by atoms with Crippen molar-refractivity contribution < 1.29 is 27.8 Å². The normalized spacial score (nSPS) is 10.7. The average Bonchev–Trinajstić information content (AvgIpc) is 3.22. The lowest BCUT2D eigenvalue weighted by Crippen LogP contribution is -2.23. The van der Waals surface area contributed by atoms with Gasteiger partial charge in [0.25, 0.3) is 5.91 Å². The number of aromatic nitrogens is 1. The molecule has 2 aromatic carbocycles. The third kappa shape index (κ3) is 5.00. The predicted molar refractivity (Wildman–Crippen MR) is 105 cm³/mol. The molecule has 0 atom stereocenters. The number of carbonyl (C=O) groups excluding carboxylic acids is 1. The smallest absolute Gasteiger partial charge is 0.387 e. The average molecular weight is 420 g/mol. The van der Waals surface area contributed by atoms with Gasteiger partial charge < -0.3 is 19.5 Å². The Labute approximate surface area is 170 Å². The Bertz CT molecular complexity index is 994. The number of para-hydroxylation sites is 1. The quantitative estimate of drug-likeness (QED) is 0.587. The molecule has 0 unspecified atom stereocenters. The van der Waals surface area contributed by atoms with E-state index in [1.807, 2.05) is 6.07 Å². The first kappa shape index (κ1) is 20.5. The van der Waals surface area contributed by atoms with E-state index < -0.39 is 12.5 Å². The highest BCUT2D eigenvalue weighted by Gasteiger charge is 2.15. The lowest BCUT2D eigenvalue weighted by atomic mass is 10.2. The van der Waals surface area contributed by atoms with Crippen molar-refractivity contribution in [2.24, 2.45) is 0 Å². The van der Waals surface area contributed by atoms with Gasteiger partial charge in [-0.15, -0.1) is 11.3 Å². The van der Waals surface area contributed by atoms with Crippen LogP contribution in [0.2, 0.25) is 0 Å². The molecule has 3 rings (SSSR count). The zero-order valence-electron chi connectivity index (χ0n) is 15.6. The molecule has 1 amide bonds. The molecule has 1 N–H and O–H groups in total. The fraction of sp³-hybridized carbons (Fsp3) is 0.200. The van der Waals surface area contributed by atoms with Gasteiger partial charge in [-0.05, 0) is 24.3 Å². The molecule has 9 heteroatoms. The summed E-state index contributed by atoms with van der Waals surface area (Å²) >= 11 is 1.30. The van der Waals surface area contributed by atoms with Crippen molar-refractivity contribution >= 4 is 17.2 Å². The van der Waals surface area contributed by atoms with E-state index in [-0.39, 0.29) is 18.0 Å². The zero-order chi connectivity index (χ0) is 20.8. The van der Waals surface area contributed by atoms with Gasteiger partial charge in [-0.2, -0.15) is 8.78 Å². The van der Waals surface area contributed by atoms with Crippen molar-refractivity contribution in [3.8, 4) is 27.8 Å². The standard InChI is InChI=1S/C20H18F2N2O4S/c1-26-16-8-7-12(9-17(16)27-2)19-24-14(11-29-19)18(25)23-10-13-5-3-4-6-15(13)28-20(21)22/h3-9,11,20H,10H2,1-2H3,(H,23,25). The monoisotopic (exact) mass is 420 g/mol. The molecule has 0 aliphatic rings. The summed E-state index contributed by atoms with van der Waals surface area (Å²) in [4.78, 5) is 16.8. The van der Waals surface area contributed by atoms with E-state index in [9.17, 15) is 13.6 Å². The van der Waals surface area contributed by atoms with E-state index in [1.54, 1.807) is 42.8 Å². The van der Waals surface area contributed by atoms with Crippen molar-refractivity contribution in [3.05, 3.63) is 59.1 Å². The summed E-state index contributed by atoms with van der Waals surface area (Å²) in [7, 11) is 3.09. The van der Waals surface area contributed by atoms with Gasteiger partial charge in [0.1, 0.15) is 16.5 Å². The summed E-state index contributed by atoms with van der Waals surface area (Å²) in [5.74, 6) is 0.754. The Balaban J connectivity index is 1.71. The summed E-state index contributed by atoms with van der Waals surface area (Å²) in [5.41, 5.74) is 1.45. The predicted octanol–water partition coefficient (Wildman–Crippen LogP) is 4.36. The minimum absolute atomic E-state index is 0.0205. The second-order valence-corrected chi connectivity index (χ2v) is 6.63. The molecule has 0 saturated heterocycles. The summed E-state index contributed by atoms with van der Waals surface area (Å²) in [5, 5.41) is 4.93. The molecule has 1 heterocycles. The van der Waals surface area contributed by atoms with Gasteiger partial charge in [0.2, 0.25) is 0 Å². The topological polar surface area (TPSA) is 69.7 Å². The maximum Gasteiger partial charge on any atom is 0.387 e. The van der Waals surface area contributed by atoms with Crippen LogP contribution in [-0.4, -0.2) is 31.7 Å². The van der Waals surface area contributed by atoms with Gasteiger partial charge in [-0.1, -0.05) is 18.2 Å². The van der Waals surface area contributed by atoms with Crippen LogP contribution in [0.5, 0.6) is 17.2 Å². The van der Waals surface area contributed by atoms with Crippen molar-refractivity contribution in [1.82, 2.24) is 10.3 Å². The summed E-state index contributed by atoms with van der Waals surface area (Å²) in [6.45, 7) is -2.90. The van der Waals surface area contributed by atoms with Crippen LogP contribution in [0.3, 0.4) is 0 Å². The molecule has 6 nitrogen and oxygen atoms in total. The van der Waals surface area contributed by atoms with E-state index >= 15 is 0 Å². The van der Waals surface area contributed by atoms with Crippen LogP contribution in [0, 0.1) is 0 Å². The third-order valence-electron chi connectivity index (χ3n) is 4.00. The number of alkyl halides is 2. The number of carbonyl (C=O) groups is 1. The zero-order valence-corrected chi connectivity index (χ0v) is 16.5. The van der Waals surface area contributed by atoms with E-state index in [4.69, 9.17) is 9.47 Å². The molecule has 0 saturated carbocycles. The molecule has 0 radical (unpaired) electrons. The first-order chi connectivity index (χ1) is 14.0. The maximum absolute atomic E-state index is 12.5. The fourth-order valence-corrected chi connectivity index (χ4v) is 3.40. The molecular formula is C20H18F2N2O4S. The Morgan fingerprint density at radius 1 is 1.10 bits per heavy atom. The number of rotatable bonds is 8. The van der Waals surface area contributed by atoms with Gasteiger partial charge in [0, 0.05) is 23.1 Å². The molecule has 0 aliphatic heterocycles. The van der Waals surface area contributed by atoms with Gasteiger partial charge in [0.05, 0.1) is 14.2 Å². The molecule has 3 aromatic rings. The second-order valence-electron chi connectivity index (χ2n) is 5.78. The van der Waals surface area contributed by atoms with Crippen LogP contribution in [0.25, 0.3) is 10.6 Å². The maximum atomic E-state index is 12.5. The molecule has 1 aromatic heterocycles. The lowest BCUT2D eigenvalue weighted by Gasteiger charge is -2.10. The molecule has 29 heavy (non-hydrogen) atoms. The Hall–Kier alpha value is -3.20. The van der Waals surface area contributed by atoms with Crippen molar-refractivity contribution in [2.75, 3.05) is 14.2 Å². The number of benzene rings is 2. The highest BCUT2D eigenvalue weighted by molar-refractivity contribution is 7.13. The molecule has 152 valence electrons. The van der Waals surface area contributed by atoms with Gasteiger partial charge in [-0.25, -0.2) is 4.98 Å². The van der Waals surface area contributed by atoms with Gasteiger partial charge >= 0.3 is 6.61 Å². The number of hydrogen-bond donors (Lipinski definition) is 1. The highest BCUT2D eigenvalue weighted by Crippen LogP contribution is 2.33. The minimum Gasteiger partial charge on any atom is -0.493 e. The lowest BCUT2D eigenvalue weighted by molar-refractivity contribution is -0.0504. The highest BCUT2D eigenvalue weighted by atomic mass is 32.1. The number of hydrogen-bond acceptors (Lipinski definition) is 6. The Morgan fingerprint density at radius 3 is 2.59 bits per heavy atom. The fourth-order valence-electron chi connectivity index (χ4n) is 2.61.